The van der Waals surface area contributed by atoms with Crippen molar-refractivity contribution < 1.29 is 9.66 Å². The molecule has 0 aromatic heterocycles. The lowest BCUT2D eigenvalue weighted by molar-refractivity contribution is -0.385. The molecule has 0 radical (unpaired) electrons. The smallest absolute Gasteiger partial charge is 0.283 e. The number of rotatable bonds is 2. The molecule has 1 aromatic rings. The van der Waals surface area contributed by atoms with Crippen molar-refractivity contribution in [2.45, 2.75) is 6.10 Å². The van der Waals surface area contributed by atoms with Gasteiger partial charge in [0.05, 0.1) is 22.1 Å². The molecule has 6 heteroatoms. The molecule has 0 spiro atoms. The van der Waals surface area contributed by atoms with E-state index in [1.54, 1.807) is 12.1 Å². The molecule has 1 N–H and O–H groups in total. The number of nitrogens with zero attached hydrogens (tertiary/aromatic N) is 1. The van der Waals surface area contributed by atoms with E-state index in [2.05, 4.69) is 21.2 Å². The summed E-state index contributed by atoms with van der Waals surface area (Å²) >= 11 is 3.16. The van der Waals surface area contributed by atoms with Crippen LogP contribution in [0.1, 0.15) is 11.7 Å². The molecule has 1 aliphatic rings. The third-order valence-corrected chi connectivity index (χ3v) is 3.14. The first-order valence-corrected chi connectivity index (χ1v) is 5.74. The first-order valence-electron chi connectivity index (χ1n) is 4.94. The van der Waals surface area contributed by atoms with E-state index < -0.39 is 4.92 Å². The van der Waals surface area contributed by atoms with Crippen molar-refractivity contribution in [1.82, 2.24) is 5.32 Å². The largest absolute Gasteiger partial charge is 0.371 e. The van der Waals surface area contributed by atoms with Gasteiger partial charge in [0.2, 0.25) is 0 Å². The minimum atomic E-state index is -0.399. The Morgan fingerprint density at radius 2 is 2.38 bits per heavy atom. The molecule has 0 aliphatic carbocycles. The summed E-state index contributed by atoms with van der Waals surface area (Å²) in [5, 5.41) is 14.0. The molecule has 86 valence electrons. The van der Waals surface area contributed by atoms with E-state index in [9.17, 15) is 10.1 Å². The number of hydrogen-bond donors (Lipinski definition) is 1. The zero-order valence-electron chi connectivity index (χ0n) is 8.48. The number of halogens is 1. The normalized spacial score (nSPS) is 20.7. The van der Waals surface area contributed by atoms with Gasteiger partial charge >= 0.3 is 0 Å². The fourth-order valence-corrected chi connectivity index (χ4v) is 2.04. The number of hydrogen-bond acceptors (Lipinski definition) is 4. The van der Waals surface area contributed by atoms with Crippen LogP contribution in [0.25, 0.3) is 0 Å². The number of nitrogens with one attached hydrogen (secondary N) is 1. The SMILES string of the molecule is O=[N+]([O-])c1cc(C2CNCCO2)ccc1Br. The Morgan fingerprint density at radius 1 is 1.56 bits per heavy atom. The van der Waals surface area contributed by atoms with Gasteiger partial charge in [-0.25, -0.2) is 0 Å². The van der Waals surface area contributed by atoms with Crippen LogP contribution in [0.4, 0.5) is 5.69 Å². The van der Waals surface area contributed by atoms with Crippen LogP contribution < -0.4 is 5.32 Å². The molecular weight excluding hydrogens is 276 g/mol. The summed E-state index contributed by atoms with van der Waals surface area (Å²) in [5.41, 5.74) is 0.911. The van der Waals surface area contributed by atoms with E-state index in [4.69, 9.17) is 4.74 Å². The molecular formula is C10H11BrN2O3. The highest BCUT2D eigenvalue weighted by Gasteiger charge is 2.20. The van der Waals surface area contributed by atoms with Crippen molar-refractivity contribution in [3.63, 3.8) is 0 Å². The number of benzene rings is 1. The van der Waals surface area contributed by atoms with Crippen LogP contribution in [0, 0.1) is 10.1 Å². The predicted octanol–water partition coefficient (Wildman–Crippen LogP) is 2.02. The molecule has 1 saturated heterocycles. The average molecular weight is 287 g/mol. The van der Waals surface area contributed by atoms with Crippen molar-refractivity contribution in [2.75, 3.05) is 19.7 Å². The van der Waals surface area contributed by atoms with Crippen LogP contribution in [-0.4, -0.2) is 24.6 Å². The second-order valence-electron chi connectivity index (χ2n) is 3.53. The quantitative estimate of drug-likeness (QED) is 0.667. The van der Waals surface area contributed by atoms with Gasteiger partial charge in [0.25, 0.3) is 5.69 Å². The highest BCUT2D eigenvalue weighted by atomic mass is 79.9. The highest BCUT2D eigenvalue weighted by Crippen LogP contribution is 2.29. The standard InChI is InChI=1S/C10H11BrN2O3/c11-8-2-1-7(5-9(8)13(14)15)10-6-12-3-4-16-10/h1-2,5,10,12H,3-4,6H2. The second-order valence-corrected chi connectivity index (χ2v) is 4.39. The Bertz CT molecular complexity index is 405. The summed E-state index contributed by atoms with van der Waals surface area (Å²) in [6, 6.07) is 5.09. The zero-order valence-corrected chi connectivity index (χ0v) is 10.1. The molecule has 0 saturated carbocycles. The zero-order chi connectivity index (χ0) is 11.5. The van der Waals surface area contributed by atoms with E-state index >= 15 is 0 Å². The minimum absolute atomic E-state index is 0.0756. The molecule has 1 unspecified atom stereocenters. The van der Waals surface area contributed by atoms with E-state index in [0.29, 0.717) is 17.6 Å². The Morgan fingerprint density at radius 3 is 3.00 bits per heavy atom. The van der Waals surface area contributed by atoms with Gasteiger partial charge in [-0.1, -0.05) is 6.07 Å². The topological polar surface area (TPSA) is 64.4 Å². The van der Waals surface area contributed by atoms with Gasteiger partial charge in [-0.05, 0) is 27.6 Å². The molecule has 5 nitrogen and oxygen atoms in total. The molecule has 16 heavy (non-hydrogen) atoms. The maximum Gasteiger partial charge on any atom is 0.283 e. The fourth-order valence-electron chi connectivity index (χ4n) is 1.65. The molecule has 0 bridgehead atoms. The van der Waals surface area contributed by atoms with E-state index in [1.807, 2.05) is 6.07 Å². The summed E-state index contributed by atoms with van der Waals surface area (Å²) in [4.78, 5) is 10.4. The lowest BCUT2D eigenvalue weighted by atomic mass is 10.1. The third-order valence-electron chi connectivity index (χ3n) is 2.47. The van der Waals surface area contributed by atoms with Gasteiger partial charge in [0, 0.05) is 19.2 Å². The Kier molecular flexibility index (Phi) is 3.52. The lowest BCUT2D eigenvalue weighted by Gasteiger charge is -2.23. The van der Waals surface area contributed by atoms with Gasteiger partial charge in [-0.3, -0.25) is 10.1 Å². The van der Waals surface area contributed by atoms with Crippen LogP contribution in [0.2, 0.25) is 0 Å². The van der Waals surface area contributed by atoms with Gasteiger partial charge in [-0.2, -0.15) is 0 Å². The van der Waals surface area contributed by atoms with Crippen molar-refractivity contribution in [3.8, 4) is 0 Å². The van der Waals surface area contributed by atoms with Crippen LogP contribution >= 0.6 is 15.9 Å². The van der Waals surface area contributed by atoms with Gasteiger partial charge < -0.3 is 10.1 Å². The van der Waals surface area contributed by atoms with E-state index in [0.717, 1.165) is 12.1 Å². The minimum Gasteiger partial charge on any atom is -0.371 e. The second kappa shape index (κ2) is 4.90. The summed E-state index contributed by atoms with van der Waals surface area (Å²) in [5.74, 6) is 0. The molecule has 0 amide bonds. The lowest BCUT2D eigenvalue weighted by Crippen LogP contribution is -2.33. The van der Waals surface area contributed by atoms with Crippen molar-refractivity contribution >= 4 is 21.6 Å². The van der Waals surface area contributed by atoms with E-state index in [-0.39, 0.29) is 11.8 Å². The first-order chi connectivity index (χ1) is 7.68. The van der Waals surface area contributed by atoms with Crippen LogP contribution in [0.5, 0.6) is 0 Å². The molecule has 1 fully saturated rings. The van der Waals surface area contributed by atoms with Crippen LogP contribution in [0.3, 0.4) is 0 Å². The molecule has 1 aromatic carbocycles. The molecule has 2 rings (SSSR count). The monoisotopic (exact) mass is 286 g/mol. The number of nitro benzene ring substituents is 1. The van der Waals surface area contributed by atoms with Gasteiger partial charge in [-0.15, -0.1) is 0 Å². The Labute approximate surface area is 101 Å². The summed E-state index contributed by atoms with van der Waals surface area (Å²) < 4.78 is 6.03. The Hall–Kier alpha value is -0.980. The average Bonchev–Trinajstić information content (AvgIpc) is 2.30. The molecule has 1 heterocycles. The summed E-state index contributed by atoms with van der Waals surface area (Å²) in [7, 11) is 0. The van der Waals surface area contributed by atoms with Crippen molar-refractivity contribution in [2.24, 2.45) is 0 Å². The molecule has 1 atom stereocenters. The van der Waals surface area contributed by atoms with Gasteiger partial charge in [0.1, 0.15) is 0 Å². The maximum absolute atomic E-state index is 10.8. The number of ether oxygens (including phenoxy) is 1. The van der Waals surface area contributed by atoms with Crippen LogP contribution in [-0.2, 0) is 4.74 Å². The van der Waals surface area contributed by atoms with Crippen molar-refractivity contribution in [3.05, 3.63) is 38.3 Å². The maximum atomic E-state index is 10.8. The predicted molar refractivity (Wildman–Crippen MR) is 62.4 cm³/mol. The van der Waals surface area contributed by atoms with Crippen molar-refractivity contribution in [1.29, 1.82) is 0 Å². The summed E-state index contributed by atoms with van der Waals surface area (Å²) in [6.07, 6.45) is -0.0967. The van der Waals surface area contributed by atoms with Crippen LogP contribution in [0.15, 0.2) is 22.7 Å². The summed E-state index contributed by atoms with van der Waals surface area (Å²) in [6.45, 7) is 2.16. The number of morpholine rings is 1. The first kappa shape index (κ1) is 11.5. The third kappa shape index (κ3) is 2.40. The fraction of sp³-hybridized carbons (Fsp3) is 0.400. The highest BCUT2D eigenvalue weighted by molar-refractivity contribution is 9.10. The Balaban J connectivity index is 2.27. The number of nitro groups is 1. The molecule has 1 aliphatic heterocycles. The van der Waals surface area contributed by atoms with Gasteiger partial charge in [0.15, 0.2) is 0 Å². The van der Waals surface area contributed by atoms with E-state index in [1.165, 1.54) is 0 Å².